The summed E-state index contributed by atoms with van der Waals surface area (Å²) in [5, 5.41) is 0.343. The maximum absolute atomic E-state index is 11.7. The third-order valence-corrected chi connectivity index (χ3v) is 1.07. The molecule has 0 rings (SSSR count). The lowest BCUT2D eigenvalue weighted by molar-refractivity contribution is 0.200. The molecule has 0 fully saturated rings. The maximum Gasteiger partial charge on any atom is 0.0294 e. The molecule has 0 spiro atoms. The molecule has 7 heavy (non-hydrogen) atoms. The summed E-state index contributed by atoms with van der Waals surface area (Å²) in [4.78, 5) is 0. The van der Waals surface area contributed by atoms with E-state index in [1.165, 1.54) is 19.0 Å². The Morgan fingerprint density at radius 3 is 2.00 bits per heavy atom. The molecule has 0 aliphatic carbocycles. The topological polar surface area (TPSA) is 3.24 Å². The molecule has 0 radical (unpaired) electrons. The lowest BCUT2D eigenvalue weighted by atomic mass is 10.6. The van der Waals surface area contributed by atoms with Crippen LogP contribution in [0.25, 0.3) is 0 Å². The van der Waals surface area contributed by atoms with Crippen molar-refractivity contribution in [1.82, 2.24) is 4.53 Å². The highest BCUT2D eigenvalue weighted by Gasteiger charge is 1.96. The van der Waals surface area contributed by atoms with E-state index in [1.54, 1.807) is 0 Å². The molecule has 0 bridgehead atoms. The van der Waals surface area contributed by atoms with Crippen molar-refractivity contribution in [3.63, 3.8) is 0 Å². The molecule has 0 aliphatic rings. The fourth-order valence-electron chi connectivity index (χ4n) is 0.291. The summed E-state index contributed by atoms with van der Waals surface area (Å²) in [5.74, 6) is 0. The van der Waals surface area contributed by atoms with Crippen LogP contribution < -0.4 is 0 Å². The minimum atomic E-state index is 0.343. The highest BCUT2D eigenvalue weighted by molar-refractivity contribution is 7.97. The minimum Gasteiger partial charge on any atom is -0.123 e. The number of hydrogen-bond donors (Lipinski definition) is 0. The molecule has 0 N–H and O–H groups in total. The normalized spacial score (nSPS) is 11.1. The monoisotopic (exact) mass is 123 g/mol. The van der Waals surface area contributed by atoms with E-state index in [1.807, 2.05) is 13.8 Å². The van der Waals surface area contributed by atoms with Gasteiger partial charge in [-0.05, 0) is 11.9 Å². The van der Waals surface area contributed by atoms with Crippen LogP contribution in [0.4, 0.5) is 4.48 Å². The van der Waals surface area contributed by atoms with Gasteiger partial charge in [-0.25, -0.2) is 0 Å². The van der Waals surface area contributed by atoms with E-state index in [2.05, 4.69) is 0 Å². The Hall–Kier alpha value is 0.240. The van der Waals surface area contributed by atoms with Crippen LogP contribution in [0.5, 0.6) is 0 Å². The van der Waals surface area contributed by atoms with Gasteiger partial charge in [0.1, 0.15) is 0 Å². The quantitative estimate of drug-likeness (QED) is 0.407. The second-order valence-corrected chi connectivity index (χ2v) is 3.23. The Labute approximate surface area is 48.0 Å². The number of rotatable bonds is 2. The molecule has 0 aromatic rings. The van der Waals surface area contributed by atoms with Crippen molar-refractivity contribution in [2.75, 3.05) is 7.05 Å². The Morgan fingerprint density at radius 2 is 2.00 bits per heavy atom. The largest absolute Gasteiger partial charge is 0.123 e. The standard InChI is InChI=1S/C4H10FNS/c1-4(2)7-6(3)5/h4H,1-3H3. The van der Waals surface area contributed by atoms with Crippen molar-refractivity contribution in [3.8, 4) is 0 Å². The summed E-state index contributed by atoms with van der Waals surface area (Å²) in [6.45, 7) is 3.89. The van der Waals surface area contributed by atoms with Gasteiger partial charge in [-0.15, -0.1) is 4.48 Å². The Balaban J connectivity index is 2.95. The molecule has 44 valence electrons. The van der Waals surface area contributed by atoms with E-state index in [9.17, 15) is 4.48 Å². The smallest absolute Gasteiger partial charge is 0.0294 e. The third-order valence-electron chi connectivity index (χ3n) is 0.356. The van der Waals surface area contributed by atoms with Gasteiger partial charge in [-0.3, -0.25) is 0 Å². The van der Waals surface area contributed by atoms with Crippen LogP contribution in [0.3, 0.4) is 0 Å². The molecule has 0 heterocycles. The highest BCUT2D eigenvalue weighted by Crippen LogP contribution is 2.12. The molecule has 1 nitrogen and oxygen atoms in total. The van der Waals surface area contributed by atoms with Gasteiger partial charge >= 0.3 is 0 Å². The van der Waals surface area contributed by atoms with Gasteiger partial charge in [-0.1, -0.05) is 18.4 Å². The van der Waals surface area contributed by atoms with Gasteiger partial charge in [0, 0.05) is 12.3 Å². The second-order valence-electron chi connectivity index (χ2n) is 1.57. The van der Waals surface area contributed by atoms with E-state index in [0.29, 0.717) is 9.78 Å². The van der Waals surface area contributed by atoms with Gasteiger partial charge in [0.25, 0.3) is 0 Å². The van der Waals surface area contributed by atoms with Crippen LogP contribution in [-0.2, 0) is 0 Å². The maximum atomic E-state index is 11.7. The van der Waals surface area contributed by atoms with Crippen molar-refractivity contribution in [2.45, 2.75) is 19.1 Å². The zero-order valence-corrected chi connectivity index (χ0v) is 5.63. The molecule has 0 aliphatic heterocycles. The highest BCUT2D eigenvalue weighted by atomic mass is 32.2. The number of nitrogens with zero attached hydrogens (tertiary/aromatic N) is 1. The van der Waals surface area contributed by atoms with Crippen LogP contribution in [0, 0.1) is 0 Å². The lowest BCUT2D eigenvalue weighted by Crippen LogP contribution is -1.99. The Kier molecular flexibility index (Phi) is 3.38. The average Bonchev–Trinajstić information content (AvgIpc) is 1.27. The predicted molar refractivity (Wildman–Crippen MR) is 31.6 cm³/mol. The van der Waals surface area contributed by atoms with Gasteiger partial charge in [0.2, 0.25) is 0 Å². The van der Waals surface area contributed by atoms with Crippen LogP contribution in [-0.4, -0.2) is 16.8 Å². The van der Waals surface area contributed by atoms with Crippen molar-refractivity contribution in [3.05, 3.63) is 0 Å². The first-order valence-electron chi connectivity index (χ1n) is 2.19. The third kappa shape index (κ3) is 6.24. The summed E-state index contributed by atoms with van der Waals surface area (Å²) in [5.41, 5.74) is 0. The molecule has 0 saturated heterocycles. The van der Waals surface area contributed by atoms with Crippen LogP contribution in [0.15, 0.2) is 0 Å². The van der Waals surface area contributed by atoms with E-state index in [0.717, 1.165) is 0 Å². The summed E-state index contributed by atoms with van der Waals surface area (Å²) >= 11 is 1.18. The Morgan fingerprint density at radius 1 is 1.57 bits per heavy atom. The van der Waals surface area contributed by atoms with E-state index >= 15 is 0 Å². The van der Waals surface area contributed by atoms with Crippen molar-refractivity contribution >= 4 is 11.9 Å². The first kappa shape index (κ1) is 7.24. The minimum absolute atomic E-state index is 0.343. The Bertz CT molecular complexity index is 41.0. The molecule has 0 saturated carbocycles. The zero-order chi connectivity index (χ0) is 5.86. The summed E-state index contributed by atoms with van der Waals surface area (Å²) in [6.07, 6.45) is 0. The fourth-order valence-corrected chi connectivity index (χ4v) is 0.872. The van der Waals surface area contributed by atoms with Gasteiger partial charge in [-0.2, -0.15) is 0 Å². The van der Waals surface area contributed by atoms with Gasteiger partial charge in [0.05, 0.1) is 0 Å². The lowest BCUT2D eigenvalue weighted by Gasteiger charge is -2.04. The first-order chi connectivity index (χ1) is 3.13. The van der Waals surface area contributed by atoms with E-state index < -0.39 is 0 Å². The average molecular weight is 123 g/mol. The molecule has 0 atom stereocenters. The fraction of sp³-hybridized carbons (Fsp3) is 1.00. The number of hydrogen-bond acceptors (Lipinski definition) is 2. The van der Waals surface area contributed by atoms with Crippen molar-refractivity contribution in [1.29, 1.82) is 0 Å². The second kappa shape index (κ2) is 3.27. The van der Waals surface area contributed by atoms with Gasteiger partial charge < -0.3 is 0 Å². The summed E-state index contributed by atoms with van der Waals surface area (Å²) < 4.78 is 12.4. The zero-order valence-electron chi connectivity index (χ0n) is 4.81. The van der Waals surface area contributed by atoms with Crippen molar-refractivity contribution < 1.29 is 4.48 Å². The SMILES string of the molecule is CC(C)SN(C)F. The first-order valence-corrected chi connectivity index (χ1v) is 3.03. The molecule has 0 unspecified atom stereocenters. The summed E-state index contributed by atoms with van der Waals surface area (Å²) in [7, 11) is 1.39. The molecular weight excluding hydrogens is 113 g/mol. The van der Waals surface area contributed by atoms with Crippen molar-refractivity contribution in [2.24, 2.45) is 0 Å². The molecule has 0 aromatic carbocycles. The molecular formula is C4H10FNS. The van der Waals surface area contributed by atoms with Crippen LogP contribution in [0.1, 0.15) is 13.8 Å². The molecule has 0 amide bonds. The van der Waals surface area contributed by atoms with E-state index in [-0.39, 0.29) is 0 Å². The van der Waals surface area contributed by atoms with Crippen LogP contribution in [0.2, 0.25) is 0 Å². The predicted octanol–water partition coefficient (Wildman–Crippen LogP) is 1.86. The van der Waals surface area contributed by atoms with Gasteiger partial charge in [0.15, 0.2) is 0 Å². The van der Waals surface area contributed by atoms with Crippen LogP contribution >= 0.6 is 11.9 Å². The molecule has 3 heteroatoms. The number of halogens is 1. The van der Waals surface area contributed by atoms with E-state index in [4.69, 9.17) is 0 Å². The summed E-state index contributed by atoms with van der Waals surface area (Å²) in [6, 6.07) is 0. The molecule has 0 aromatic heterocycles.